The van der Waals surface area contributed by atoms with Crippen LogP contribution < -0.4 is 21.3 Å². The van der Waals surface area contributed by atoms with E-state index in [1.54, 1.807) is 7.05 Å². The summed E-state index contributed by atoms with van der Waals surface area (Å²) < 4.78 is 25.6. The van der Waals surface area contributed by atoms with E-state index in [-0.39, 0.29) is 6.54 Å². The number of H-pyrrole nitrogens is 2. The first-order valence-corrected chi connectivity index (χ1v) is 6.42. The van der Waals surface area contributed by atoms with Crippen molar-refractivity contribution in [1.29, 1.82) is 0 Å². The first kappa shape index (κ1) is 13.6. The molecule has 4 N–H and O–H groups in total. The second-order valence-corrected chi connectivity index (χ2v) is 5.03. The first-order chi connectivity index (χ1) is 7.97. The molecule has 0 atom stereocenters. The van der Waals surface area contributed by atoms with Crippen molar-refractivity contribution in [1.82, 2.24) is 20.0 Å². The van der Waals surface area contributed by atoms with Gasteiger partial charge in [0.15, 0.2) is 4.90 Å². The molecule has 9 heteroatoms. The minimum absolute atomic E-state index is 0.210. The van der Waals surface area contributed by atoms with Gasteiger partial charge in [-0.25, -0.2) is 17.9 Å². The Morgan fingerprint density at radius 1 is 1.29 bits per heavy atom. The van der Waals surface area contributed by atoms with Crippen molar-refractivity contribution in [2.24, 2.45) is 0 Å². The van der Waals surface area contributed by atoms with Gasteiger partial charge in [-0.3, -0.25) is 9.78 Å². The van der Waals surface area contributed by atoms with E-state index >= 15 is 0 Å². The average Bonchev–Trinajstić information content (AvgIpc) is 2.24. The number of sulfonamides is 1. The van der Waals surface area contributed by atoms with Crippen molar-refractivity contribution in [2.45, 2.75) is 11.3 Å². The van der Waals surface area contributed by atoms with Crippen LogP contribution in [0.25, 0.3) is 0 Å². The zero-order valence-electron chi connectivity index (χ0n) is 9.24. The van der Waals surface area contributed by atoms with Crippen LogP contribution in [0.1, 0.15) is 6.42 Å². The van der Waals surface area contributed by atoms with Crippen molar-refractivity contribution in [2.75, 3.05) is 20.1 Å². The van der Waals surface area contributed by atoms with Gasteiger partial charge in [-0.1, -0.05) is 0 Å². The van der Waals surface area contributed by atoms with Crippen molar-refractivity contribution < 1.29 is 8.42 Å². The van der Waals surface area contributed by atoms with Gasteiger partial charge < -0.3 is 10.3 Å². The molecule has 8 nitrogen and oxygen atoms in total. The Kier molecular flexibility index (Phi) is 4.61. The molecule has 1 aromatic rings. The number of aromatic amines is 2. The van der Waals surface area contributed by atoms with E-state index in [1.165, 1.54) is 0 Å². The monoisotopic (exact) mass is 262 g/mol. The Labute approximate surface area is 97.5 Å². The quantitative estimate of drug-likeness (QED) is 0.439. The summed E-state index contributed by atoms with van der Waals surface area (Å²) in [6, 6.07) is 0. The maximum atomic E-state index is 11.7. The molecule has 1 heterocycles. The Bertz CT molecular complexity index is 574. The molecule has 0 fully saturated rings. The topological polar surface area (TPSA) is 124 Å². The van der Waals surface area contributed by atoms with E-state index in [1.807, 2.05) is 4.98 Å². The lowest BCUT2D eigenvalue weighted by Crippen LogP contribution is -2.34. The number of rotatable bonds is 6. The lowest BCUT2D eigenvalue weighted by molar-refractivity contribution is 0.575. The maximum Gasteiger partial charge on any atom is 0.325 e. The summed E-state index contributed by atoms with van der Waals surface area (Å²) in [5.41, 5.74) is -1.68. The lowest BCUT2D eigenvalue weighted by atomic mass is 10.4. The van der Waals surface area contributed by atoms with Crippen LogP contribution in [0.4, 0.5) is 0 Å². The van der Waals surface area contributed by atoms with Crippen LogP contribution in [0.3, 0.4) is 0 Å². The average molecular weight is 262 g/mol. The largest absolute Gasteiger partial charge is 0.325 e. The molecule has 0 saturated heterocycles. The zero-order valence-corrected chi connectivity index (χ0v) is 10.1. The molecule has 0 amide bonds. The van der Waals surface area contributed by atoms with Crippen molar-refractivity contribution in [3.8, 4) is 0 Å². The standard InChI is InChI=1S/C8H14N4O4S/c1-9-3-2-4-11-17(15,16)6-5-10-8(14)12-7(6)13/h5,9,11H,2-4H2,1H3,(H2,10,12,13,14). The van der Waals surface area contributed by atoms with Gasteiger partial charge in [-0.2, -0.15) is 0 Å². The predicted molar refractivity (Wildman–Crippen MR) is 61.4 cm³/mol. The van der Waals surface area contributed by atoms with Crippen molar-refractivity contribution in [3.05, 3.63) is 27.0 Å². The highest BCUT2D eigenvalue weighted by Crippen LogP contribution is 1.97. The molecule has 0 bridgehead atoms. The fourth-order valence-corrected chi connectivity index (χ4v) is 2.22. The van der Waals surface area contributed by atoms with E-state index in [0.29, 0.717) is 13.0 Å². The Morgan fingerprint density at radius 3 is 2.59 bits per heavy atom. The highest BCUT2D eigenvalue weighted by molar-refractivity contribution is 7.89. The normalized spacial score (nSPS) is 11.6. The molecule has 96 valence electrons. The number of aromatic nitrogens is 2. The first-order valence-electron chi connectivity index (χ1n) is 4.93. The smallest absolute Gasteiger partial charge is 0.320 e. The fourth-order valence-electron chi connectivity index (χ4n) is 1.15. The van der Waals surface area contributed by atoms with Gasteiger partial charge in [-0.15, -0.1) is 0 Å². The molecular formula is C8H14N4O4S. The summed E-state index contributed by atoms with van der Waals surface area (Å²) >= 11 is 0. The molecule has 0 aliphatic rings. The van der Waals surface area contributed by atoms with E-state index in [4.69, 9.17) is 0 Å². The summed E-state index contributed by atoms with van der Waals surface area (Å²) in [7, 11) is -2.13. The Hall–Kier alpha value is -1.45. The van der Waals surface area contributed by atoms with Crippen LogP contribution in [0.5, 0.6) is 0 Å². The van der Waals surface area contributed by atoms with Gasteiger partial charge in [0.05, 0.1) is 0 Å². The second kappa shape index (κ2) is 5.75. The van der Waals surface area contributed by atoms with Crippen molar-refractivity contribution in [3.63, 3.8) is 0 Å². The van der Waals surface area contributed by atoms with Gasteiger partial charge in [0.25, 0.3) is 5.56 Å². The highest BCUT2D eigenvalue weighted by atomic mass is 32.2. The summed E-state index contributed by atoms with van der Waals surface area (Å²) in [5, 5.41) is 2.86. The van der Waals surface area contributed by atoms with Gasteiger partial charge in [0.1, 0.15) is 0 Å². The third-order valence-electron chi connectivity index (χ3n) is 1.97. The van der Waals surface area contributed by atoms with Crippen LogP contribution in [0.15, 0.2) is 20.7 Å². The molecule has 1 rings (SSSR count). The van der Waals surface area contributed by atoms with E-state index in [0.717, 1.165) is 6.20 Å². The van der Waals surface area contributed by atoms with Crippen LogP contribution in [-0.2, 0) is 10.0 Å². The van der Waals surface area contributed by atoms with E-state index < -0.39 is 26.2 Å². The third kappa shape index (κ3) is 3.80. The van der Waals surface area contributed by atoms with Gasteiger partial charge in [-0.05, 0) is 20.0 Å². The summed E-state index contributed by atoms with van der Waals surface area (Å²) in [5.74, 6) is 0. The van der Waals surface area contributed by atoms with Gasteiger partial charge in [0, 0.05) is 12.7 Å². The fraction of sp³-hybridized carbons (Fsp3) is 0.500. The molecule has 17 heavy (non-hydrogen) atoms. The second-order valence-electron chi connectivity index (χ2n) is 3.29. The predicted octanol–water partition coefficient (Wildman–Crippen LogP) is -2.05. The highest BCUT2D eigenvalue weighted by Gasteiger charge is 2.17. The van der Waals surface area contributed by atoms with Crippen molar-refractivity contribution >= 4 is 10.0 Å². The van der Waals surface area contributed by atoms with Crippen LogP contribution in [0.2, 0.25) is 0 Å². The lowest BCUT2D eigenvalue weighted by Gasteiger charge is -2.04. The Balaban J connectivity index is 2.83. The Morgan fingerprint density at radius 2 is 2.00 bits per heavy atom. The molecule has 0 aromatic carbocycles. The van der Waals surface area contributed by atoms with Crippen LogP contribution in [-0.4, -0.2) is 38.5 Å². The van der Waals surface area contributed by atoms with Gasteiger partial charge >= 0.3 is 5.69 Å². The minimum Gasteiger partial charge on any atom is -0.320 e. The molecule has 0 radical (unpaired) electrons. The van der Waals surface area contributed by atoms with Crippen LogP contribution >= 0.6 is 0 Å². The van der Waals surface area contributed by atoms with Gasteiger partial charge in [0.2, 0.25) is 10.0 Å². The molecule has 0 aliphatic carbocycles. The zero-order chi connectivity index (χ0) is 12.9. The molecule has 0 unspecified atom stereocenters. The van der Waals surface area contributed by atoms with E-state index in [9.17, 15) is 18.0 Å². The number of hydrogen-bond donors (Lipinski definition) is 4. The molecule has 1 aromatic heterocycles. The number of hydrogen-bond acceptors (Lipinski definition) is 5. The van der Waals surface area contributed by atoms with Crippen LogP contribution in [0, 0.1) is 0 Å². The van der Waals surface area contributed by atoms with E-state index in [2.05, 4.69) is 15.0 Å². The summed E-state index contributed by atoms with van der Waals surface area (Å²) in [4.78, 5) is 25.5. The molecule has 0 spiro atoms. The summed E-state index contributed by atoms with van der Waals surface area (Å²) in [6.45, 7) is 0.867. The summed E-state index contributed by atoms with van der Waals surface area (Å²) in [6.07, 6.45) is 1.47. The third-order valence-corrected chi connectivity index (χ3v) is 3.44. The number of nitrogens with one attached hydrogen (secondary N) is 4. The molecular weight excluding hydrogens is 248 g/mol. The SMILES string of the molecule is CNCCCNS(=O)(=O)c1c[nH]c(=O)[nH]c1=O. The minimum atomic E-state index is -3.88. The molecule has 0 aliphatic heterocycles. The molecule has 0 saturated carbocycles. The maximum absolute atomic E-state index is 11.7.